The number of hydrogen-bond donors (Lipinski definition) is 2. The van der Waals surface area contributed by atoms with Crippen LogP contribution in [0, 0.1) is 0 Å². The summed E-state index contributed by atoms with van der Waals surface area (Å²) in [7, 11) is 3.78. The van der Waals surface area contributed by atoms with Crippen LogP contribution in [0.2, 0.25) is 0 Å². The van der Waals surface area contributed by atoms with Gasteiger partial charge >= 0.3 is 0 Å². The Morgan fingerprint density at radius 1 is 1.14 bits per heavy atom. The molecule has 0 bridgehead atoms. The molecule has 21 heavy (non-hydrogen) atoms. The van der Waals surface area contributed by atoms with Gasteiger partial charge in [-0.05, 0) is 24.3 Å². The Bertz CT molecular complexity index is 746. The molecule has 3 rings (SSSR count). The molecule has 0 amide bonds. The molecule has 0 aliphatic rings. The number of rotatable bonds is 5. The van der Waals surface area contributed by atoms with E-state index in [0.29, 0.717) is 18.3 Å². The molecule has 0 spiro atoms. The molecule has 0 atom stereocenters. The topological polar surface area (TPSA) is 74.7 Å². The van der Waals surface area contributed by atoms with E-state index in [0.717, 1.165) is 22.5 Å². The monoisotopic (exact) mass is 287 g/mol. The van der Waals surface area contributed by atoms with Crippen LogP contribution in [0.3, 0.4) is 0 Å². The summed E-state index contributed by atoms with van der Waals surface area (Å²) in [5.41, 5.74) is 2.48. The summed E-state index contributed by atoms with van der Waals surface area (Å²) >= 11 is 0. The van der Waals surface area contributed by atoms with Gasteiger partial charge in [-0.3, -0.25) is 0 Å². The van der Waals surface area contributed by atoms with Crippen LogP contribution in [0.15, 0.2) is 39.2 Å². The van der Waals surface area contributed by atoms with Crippen molar-refractivity contribution in [3.63, 3.8) is 0 Å². The number of nitrogens with one attached hydrogen (secondary N) is 1. The maximum Gasteiger partial charge on any atom is 0.297 e. The maximum atomic E-state index is 8.96. The van der Waals surface area contributed by atoms with Gasteiger partial charge in [0, 0.05) is 25.8 Å². The summed E-state index contributed by atoms with van der Waals surface area (Å²) in [6, 6.07) is 9.96. The van der Waals surface area contributed by atoms with Gasteiger partial charge < -0.3 is 24.2 Å². The van der Waals surface area contributed by atoms with E-state index in [4.69, 9.17) is 13.9 Å². The molecule has 0 saturated carbocycles. The van der Waals surface area contributed by atoms with Gasteiger partial charge in [0.05, 0.1) is 6.54 Å². The fourth-order valence-corrected chi connectivity index (χ4v) is 2.01. The fourth-order valence-electron chi connectivity index (χ4n) is 2.01. The van der Waals surface area contributed by atoms with Crippen molar-refractivity contribution in [2.75, 3.05) is 24.3 Å². The van der Waals surface area contributed by atoms with Gasteiger partial charge in [-0.15, -0.1) is 0 Å². The Morgan fingerprint density at radius 2 is 1.95 bits per heavy atom. The molecule has 0 unspecified atom stereocenters. The number of aromatic nitrogens is 1. The molecule has 0 aliphatic heterocycles. The van der Waals surface area contributed by atoms with Crippen LogP contribution in [-0.2, 0) is 13.2 Å². The number of furan rings is 1. The first kappa shape index (κ1) is 13.5. The third-order valence-corrected chi connectivity index (χ3v) is 3.10. The highest BCUT2D eigenvalue weighted by Crippen LogP contribution is 2.24. The Morgan fingerprint density at radius 3 is 2.67 bits per heavy atom. The van der Waals surface area contributed by atoms with Gasteiger partial charge in [-0.1, -0.05) is 0 Å². The molecular weight excluding hydrogens is 270 g/mol. The molecule has 2 heterocycles. The highest BCUT2D eigenvalue weighted by atomic mass is 16.4. The van der Waals surface area contributed by atoms with Gasteiger partial charge in [0.25, 0.3) is 6.01 Å². The Balaban J connectivity index is 1.74. The first-order chi connectivity index (χ1) is 10.2. The lowest BCUT2D eigenvalue weighted by Gasteiger charge is -2.04. The van der Waals surface area contributed by atoms with Crippen LogP contribution in [0.4, 0.5) is 11.7 Å². The number of aliphatic hydroxyl groups is 1. The third kappa shape index (κ3) is 2.85. The van der Waals surface area contributed by atoms with Gasteiger partial charge in [0.15, 0.2) is 5.58 Å². The van der Waals surface area contributed by atoms with Crippen molar-refractivity contribution in [3.05, 3.63) is 41.9 Å². The van der Waals surface area contributed by atoms with E-state index >= 15 is 0 Å². The molecule has 2 N–H and O–H groups in total. The minimum absolute atomic E-state index is 0.0860. The number of nitrogens with zero attached hydrogens (tertiary/aromatic N) is 2. The predicted molar refractivity (Wildman–Crippen MR) is 80.3 cm³/mol. The van der Waals surface area contributed by atoms with Crippen molar-refractivity contribution in [3.8, 4) is 0 Å². The van der Waals surface area contributed by atoms with E-state index in [1.807, 2.05) is 43.3 Å². The van der Waals surface area contributed by atoms with Gasteiger partial charge in [0.1, 0.15) is 23.6 Å². The van der Waals surface area contributed by atoms with E-state index in [2.05, 4.69) is 10.3 Å². The van der Waals surface area contributed by atoms with Crippen LogP contribution >= 0.6 is 0 Å². The summed E-state index contributed by atoms with van der Waals surface area (Å²) in [5.74, 6) is 1.33. The van der Waals surface area contributed by atoms with Crippen molar-refractivity contribution in [1.29, 1.82) is 0 Å². The lowest BCUT2D eigenvalue weighted by molar-refractivity contribution is 0.244. The van der Waals surface area contributed by atoms with Crippen molar-refractivity contribution >= 4 is 22.8 Å². The molecule has 0 saturated heterocycles. The average molecular weight is 287 g/mol. The number of benzene rings is 1. The van der Waals surface area contributed by atoms with Crippen molar-refractivity contribution < 1.29 is 13.9 Å². The lowest BCUT2D eigenvalue weighted by atomic mass is 10.3. The Labute approximate surface area is 122 Å². The van der Waals surface area contributed by atoms with Crippen molar-refractivity contribution in [1.82, 2.24) is 4.98 Å². The molecular formula is C15H17N3O3. The van der Waals surface area contributed by atoms with Crippen LogP contribution < -0.4 is 10.2 Å². The van der Waals surface area contributed by atoms with Crippen LogP contribution in [0.25, 0.3) is 11.1 Å². The fraction of sp³-hybridized carbons (Fsp3) is 0.267. The summed E-state index contributed by atoms with van der Waals surface area (Å²) in [6.07, 6.45) is 0. The van der Waals surface area contributed by atoms with Gasteiger partial charge in [0.2, 0.25) is 0 Å². The minimum Gasteiger partial charge on any atom is -0.462 e. The molecule has 6 nitrogen and oxygen atoms in total. The number of oxazole rings is 1. The second-order valence-corrected chi connectivity index (χ2v) is 4.95. The van der Waals surface area contributed by atoms with Gasteiger partial charge in [-0.2, -0.15) is 4.98 Å². The van der Waals surface area contributed by atoms with E-state index in [-0.39, 0.29) is 6.61 Å². The number of aliphatic hydroxyl groups excluding tert-OH is 1. The SMILES string of the molecule is CN(C)c1nc2ccc(NCc3ccc(CO)o3)cc2o1. The zero-order valence-corrected chi connectivity index (χ0v) is 12.0. The molecule has 0 radical (unpaired) electrons. The summed E-state index contributed by atoms with van der Waals surface area (Å²) < 4.78 is 11.1. The smallest absolute Gasteiger partial charge is 0.297 e. The second kappa shape index (κ2) is 5.49. The van der Waals surface area contributed by atoms with Crippen molar-refractivity contribution in [2.45, 2.75) is 13.2 Å². The average Bonchev–Trinajstić information content (AvgIpc) is 3.11. The van der Waals surface area contributed by atoms with Gasteiger partial charge in [-0.25, -0.2) is 0 Å². The maximum absolute atomic E-state index is 8.96. The largest absolute Gasteiger partial charge is 0.462 e. The lowest BCUT2D eigenvalue weighted by Crippen LogP contribution is -2.08. The molecule has 0 aliphatic carbocycles. The normalized spacial score (nSPS) is 11.0. The highest BCUT2D eigenvalue weighted by Gasteiger charge is 2.08. The van der Waals surface area contributed by atoms with Crippen LogP contribution in [-0.4, -0.2) is 24.2 Å². The van der Waals surface area contributed by atoms with E-state index in [9.17, 15) is 0 Å². The molecule has 0 fully saturated rings. The second-order valence-electron chi connectivity index (χ2n) is 4.95. The first-order valence-corrected chi connectivity index (χ1v) is 6.66. The highest BCUT2D eigenvalue weighted by molar-refractivity contribution is 5.78. The molecule has 2 aromatic heterocycles. The standard InChI is InChI=1S/C15H17N3O3/c1-18(2)15-17-13-6-3-10(7-14(13)21-15)16-8-11-4-5-12(9-19)20-11/h3-7,16,19H,8-9H2,1-2H3. The predicted octanol–water partition coefficient (Wildman–Crippen LogP) is 2.59. The van der Waals surface area contributed by atoms with Crippen molar-refractivity contribution in [2.24, 2.45) is 0 Å². The summed E-state index contributed by atoms with van der Waals surface area (Å²) in [5, 5.41) is 12.2. The quantitative estimate of drug-likeness (QED) is 0.751. The Hall–Kier alpha value is -2.47. The molecule has 3 aromatic rings. The third-order valence-electron chi connectivity index (χ3n) is 3.10. The number of hydrogen-bond acceptors (Lipinski definition) is 6. The zero-order chi connectivity index (χ0) is 14.8. The molecule has 1 aromatic carbocycles. The number of fused-ring (bicyclic) bond motifs is 1. The van der Waals surface area contributed by atoms with Crippen LogP contribution in [0.5, 0.6) is 0 Å². The van der Waals surface area contributed by atoms with E-state index in [1.165, 1.54) is 0 Å². The van der Waals surface area contributed by atoms with Crippen LogP contribution in [0.1, 0.15) is 11.5 Å². The minimum atomic E-state index is -0.0860. The number of anilines is 2. The zero-order valence-electron chi connectivity index (χ0n) is 12.0. The van der Waals surface area contributed by atoms with E-state index in [1.54, 1.807) is 6.07 Å². The summed E-state index contributed by atoms with van der Waals surface area (Å²) in [4.78, 5) is 6.20. The Kier molecular flexibility index (Phi) is 3.53. The first-order valence-electron chi connectivity index (χ1n) is 6.66. The molecule has 6 heteroatoms. The molecule has 110 valence electrons. The summed E-state index contributed by atoms with van der Waals surface area (Å²) in [6.45, 7) is 0.456. The van der Waals surface area contributed by atoms with E-state index < -0.39 is 0 Å².